The molecule has 0 aliphatic carbocycles. The molecule has 1 heterocycles. The summed E-state index contributed by atoms with van der Waals surface area (Å²) in [6, 6.07) is 7.54. The van der Waals surface area contributed by atoms with Crippen LogP contribution in [0.15, 0.2) is 24.3 Å². The minimum Gasteiger partial charge on any atom is -0.493 e. The molecule has 1 saturated heterocycles. The summed E-state index contributed by atoms with van der Waals surface area (Å²) in [6.45, 7) is 7.04. The zero-order valence-electron chi connectivity index (χ0n) is 11.5. The van der Waals surface area contributed by atoms with Gasteiger partial charge in [-0.3, -0.25) is 0 Å². The van der Waals surface area contributed by atoms with E-state index in [1.807, 2.05) is 24.3 Å². The van der Waals surface area contributed by atoms with Crippen molar-refractivity contribution >= 4 is 11.6 Å². The number of hydrogen-bond acceptors (Lipinski definition) is 3. The Bertz CT molecular complexity index is 399. The van der Waals surface area contributed by atoms with E-state index in [4.69, 9.17) is 22.1 Å². The molecule has 1 fully saturated rings. The molecule has 3 nitrogen and oxygen atoms in total. The van der Waals surface area contributed by atoms with Crippen molar-refractivity contribution in [3.8, 4) is 5.75 Å². The van der Waals surface area contributed by atoms with Crippen molar-refractivity contribution in [1.29, 1.82) is 0 Å². The first kappa shape index (κ1) is 14.6. The Morgan fingerprint density at radius 1 is 1.53 bits per heavy atom. The highest BCUT2D eigenvalue weighted by atomic mass is 35.5. The molecule has 1 aromatic rings. The van der Waals surface area contributed by atoms with Crippen LogP contribution in [0, 0.1) is 11.8 Å². The zero-order valence-corrected chi connectivity index (χ0v) is 12.3. The first-order valence-electron chi connectivity index (χ1n) is 7.03. The molecule has 0 spiro atoms. The topological polar surface area (TPSA) is 38.5 Å². The number of nitrogens with zero attached hydrogens (tertiary/aromatic N) is 1. The summed E-state index contributed by atoms with van der Waals surface area (Å²) in [4.78, 5) is 2.48. The Morgan fingerprint density at radius 2 is 2.37 bits per heavy atom. The van der Waals surface area contributed by atoms with Crippen LogP contribution in [0.3, 0.4) is 0 Å². The van der Waals surface area contributed by atoms with Gasteiger partial charge in [-0.05, 0) is 50.2 Å². The standard InChI is InChI=1S/C15H23ClN2O/c1-2-18-7-6-12(10-18)13(9-17)11-19-15-5-3-4-14(16)8-15/h3-5,8,12-13H,2,6-7,9-11,17H2,1H3. The van der Waals surface area contributed by atoms with E-state index >= 15 is 0 Å². The Hall–Kier alpha value is -0.770. The van der Waals surface area contributed by atoms with E-state index in [9.17, 15) is 0 Å². The van der Waals surface area contributed by atoms with Gasteiger partial charge in [0.05, 0.1) is 6.61 Å². The largest absolute Gasteiger partial charge is 0.493 e. The zero-order chi connectivity index (χ0) is 13.7. The van der Waals surface area contributed by atoms with Crippen LogP contribution >= 0.6 is 11.6 Å². The van der Waals surface area contributed by atoms with Gasteiger partial charge in [0.2, 0.25) is 0 Å². The van der Waals surface area contributed by atoms with Gasteiger partial charge in [0, 0.05) is 17.5 Å². The summed E-state index contributed by atoms with van der Waals surface area (Å²) in [7, 11) is 0. The smallest absolute Gasteiger partial charge is 0.120 e. The number of rotatable bonds is 6. The van der Waals surface area contributed by atoms with Gasteiger partial charge >= 0.3 is 0 Å². The molecule has 1 aromatic carbocycles. The van der Waals surface area contributed by atoms with Crippen molar-refractivity contribution in [1.82, 2.24) is 4.90 Å². The fourth-order valence-electron chi connectivity index (χ4n) is 2.69. The number of benzene rings is 1. The van der Waals surface area contributed by atoms with Crippen molar-refractivity contribution in [3.63, 3.8) is 0 Å². The summed E-state index contributed by atoms with van der Waals surface area (Å²) < 4.78 is 5.84. The highest BCUT2D eigenvalue weighted by Gasteiger charge is 2.28. The third-order valence-electron chi connectivity index (χ3n) is 3.99. The molecular formula is C15H23ClN2O. The van der Waals surface area contributed by atoms with Crippen molar-refractivity contribution in [2.75, 3.05) is 32.8 Å². The number of halogens is 1. The number of likely N-dealkylation sites (tertiary alicyclic amines) is 1. The molecule has 0 saturated carbocycles. The molecule has 1 aliphatic heterocycles. The van der Waals surface area contributed by atoms with E-state index in [-0.39, 0.29) is 0 Å². The second kappa shape index (κ2) is 7.13. The van der Waals surface area contributed by atoms with Crippen LogP contribution in [-0.4, -0.2) is 37.7 Å². The lowest BCUT2D eigenvalue weighted by Crippen LogP contribution is -2.31. The molecule has 2 rings (SSSR count). The predicted octanol–water partition coefficient (Wildman–Crippen LogP) is 2.64. The van der Waals surface area contributed by atoms with Crippen molar-refractivity contribution in [2.45, 2.75) is 13.3 Å². The van der Waals surface area contributed by atoms with Gasteiger partial charge in [0.15, 0.2) is 0 Å². The Kier molecular flexibility index (Phi) is 5.49. The third-order valence-corrected chi connectivity index (χ3v) is 4.22. The maximum absolute atomic E-state index is 5.95. The van der Waals surface area contributed by atoms with Gasteiger partial charge in [-0.1, -0.05) is 24.6 Å². The summed E-state index contributed by atoms with van der Waals surface area (Å²) >= 11 is 5.95. The van der Waals surface area contributed by atoms with Crippen LogP contribution in [-0.2, 0) is 0 Å². The van der Waals surface area contributed by atoms with Gasteiger partial charge in [-0.25, -0.2) is 0 Å². The molecule has 4 heteroatoms. The fourth-order valence-corrected chi connectivity index (χ4v) is 2.87. The summed E-state index contributed by atoms with van der Waals surface area (Å²) in [6.07, 6.45) is 1.23. The van der Waals surface area contributed by atoms with Crippen LogP contribution in [0.25, 0.3) is 0 Å². The lowest BCUT2D eigenvalue weighted by Gasteiger charge is -2.22. The van der Waals surface area contributed by atoms with E-state index in [0.717, 1.165) is 18.8 Å². The molecule has 1 aliphatic rings. The lowest BCUT2D eigenvalue weighted by atomic mass is 9.92. The van der Waals surface area contributed by atoms with Crippen LogP contribution in [0.2, 0.25) is 5.02 Å². The third kappa shape index (κ3) is 4.10. The highest BCUT2D eigenvalue weighted by molar-refractivity contribution is 6.30. The van der Waals surface area contributed by atoms with Gasteiger partial charge in [0.1, 0.15) is 5.75 Å². The van der Waals surface area contributed by atoms with E-state index in [2.05, 4.69) is 11.8 Å². The maximum atomic E-state index is 5.95. The first-order chi connectivity index (χ1) is 9.22. The molecule has 0 amide bonds. The van der Waals surface area contributed by atoms with Crippen LogP contribution < -0.4 is 10.5 Å². The Morgan fingerprint density at radius 3 is 3.00 bits per heavy atom. The van der Waals surface area contributed by atoms with Crippen molar-refractivity contribution in [2.24, 2.45) is 17.6 Å². The molecule has 2 N–H and O–H groups in total. The summed E-state index contributed by atoms with van der Waals surface area (Å²) in [5.74, 6) is 1.91. The first-order valence-corrected chi connectivity index (χ1v) is 7.41. The molecule has 2 unspecified atom stereocenters. The SMILES string of the molecule is CCN1CCC(C(CN)COc2cccc(Cl)c2)C1. The molecule has 0 bridgehead atoms. The molecule has 0 radical (unpaired) electrons. The second-order valence-corrected chi connectivity index (χ2v) is 5.64. The van der Waals surface area contributed by atoms with Gasteiger partial charge in [-0.2, -0.15) is 0 Å². The number of ether oxygens (including phenoxy) is 1. The minimum atomic E-state index is 0.426. The Balaban J connectivity index is 1.86. The average molecular weight is 283 g/mol. The molecule has 106 valence electrons. The van der Waals surface area contributed by atoms with E-state index in [0.29, 0.717) is 30.0 Å². The quantitative estimate of drug-likeness (QED) is 0.872. The lowest BCUT2D eigenvalue weighted by molar-refractivity contribution is 0.196. The molecule has 2 atom stereocenters. The second-order valence-electron chi connectivity index (χ2n) is 5.21. The monoisotopic (exact) mass is 282 g/mol. The number of hydrogen-bond donors (Lipinski definition) is 1. The van der Waals surface area contributed by atoms with Gasteiger partial charge in [-0.15, -0.1) is 0 Å². The molecule has 19 heavy (non-hydrogen) atoms. The number of nitrogens with two attached hydrogens (primary N) is 1. The van der Waals surface area contributed by atoms with Gasteiger partial charge < -0.3 is 15.4 Å². The van der Waals surface area contributed by atoms with Gasteiger partial charge in [0.25, 0.3) is 0 Å². The van der Waals surface area contributed by atoms with Crippen LogP contribution in [0.1, 0.15) is 13.3 Å². The fraction of sp³-hybridized carbons (Fsp3) is 0.600. The van der Waals surface area contributed by atoms with E-state index < -0.39 is 0 Å². The van der Waals surface area contributed by atoms with E-state index in [1.54, 1.807) is 0 Å². The van der Waals surface area contributed by atoms with Crippen molar-refractivity contribution in [3.05, 3.63) is 29.3 Å². The minimum absolute atomic E-state index is 0.426. The van der Waals surface area contributed by atoms with Crippen LogP contribution in [0.4, 0.5) is 0 Å². The van der Waals surface area contributed by atoms with Crippen molar-refractivity contribution < 1.29 is 4.74 Å². The summed E-state index contributed by atoms with van der Waals surface area (Å²) in [5.41, 5.74) is 5.91. The van der Waals surface area contributed by atoms with E-state index in [1.165, 1.54) is 13.0 Å². The molecule has 0 aromatic heterocycles. The predicted molar refractivity (Wildman–Crippen MR) is 79.7 cm³/mol. The van der Waals surface area contributed by atoms with Crippen LogP contribution in [0.5, 0.6) is 5.75 Å². The normalized spacial score (nSPS) is 21.5. The highest BCUT2D eigenvalue weighted by Crippen LogP contribution is 2.25. The summed E-state index contributed by atoms with van der Waals surface area (Å²) in [5, 5.41) is 0.708. The maximum Gasteiger partial charge on any atom is 0.120 e. The average Bonchev–Trinajstić information content (AvgIpc) is 2.88. The molecular weight excluding hydrogens is 260 g/mol. The Labute approximate surface area is 120 Å².